The highest BCUT2D eigenvalue weighted by Crippen LogP contribution is 2.41. The van der Waals surface area contributed by atoms with E-state index in [0.29, 0.717) is 31.2 Å². The van der Waals surface area contributed by atoms with E-state index in [4.69, 9.17) is 0 Å². The van der Waals surface area contributed by atoms with Crippen LogP contribution in [0.15, 0.2) is 24.3 Å². The quantitative estimate of drug-likeness (QED) is 0.301. The van der Waals surface area contributed by atoms with Crippen molar-refractivity contribution in [1.29, 1.82) is 0 Å². The molecule has 180 valence electrons. The summed E-state index contributed by atoms with van der Waals surface area (Å²) >= 11 is 0. The molecule has 0 bridgehead atoms. The number of halogens is 6. The third-order valence-electron chi connectivity index (χ3n) is 3.99. The molecule has 0 fully saturated rings. The summed E-state index contributed by atoms with van der Waals surface area (Å²) in [5, 5.41) is 13.1. The van der Waals surface area contributed by atoms with Crippen molar-refractivity contribution >= 4 is 23.5 Å². The van der Waals surface area contributed by atoms with Crippen molar-refractivity contribution in [3.8, 4) is 0 Å². The number of hydrogen-bond donors (Lipinski definition) is 3. The first-order chi connectivity index (χ1) is 14.6. The molecule has 0 aliphatic carbocycles. The van der Waals surface area contributed by atoms with Crippen molar-refractivity contribution in [2.24, 2.45) is 0 Å². The van der Waals surface area contributed by atoms with Gasteiger partial charge in [0.05, 0.1) is 13.2 Å². The minimum Gasteiger partial charge on any atom is -0.463 e. The molecule has 0 saturated carbocycles. The molecule has 0 radical (unpaired) electrons. The summed E-state index contributed by atoms with van der Waals surface area (Å²) in [4.78, 5) is 35.2. The predicted octanol–water partition coefficient (Wildman–Crippen LogP) is 2.37. The summed E-state index contributed by atoms with van der Waals surface area (Å²) in [6.07, 6.45) is -11.0. The van der Waals surface area contributed by atoms with Crippen LogP contribution in [-0.4, -0.2) is 54.2 Å². The zero-order chi connectivity index (χ0) is 25.0. The molecule has 0 spiro atoms. The van der Waals surface area contributed by atoms with Crippen LogP contribution in [0.4, 0.5) is 32.0 Å². The van der Waals surface area contributed by atoms with Gasteiger partial charge >= 0.3 is 30.0 Å². The van der Waals surface area contributed by atoms with Gasteiger partial charge in [-0.3, -0.25) is 4.79 Å². The van der Waals surface area contributed by atoms with Crippen molar-refractivity contribution < 1.29 is 55.3 Å². The zero-order valence-electron chi connectivity index (χ0n) is 17.0. The molecule has 0 saturated heterocycles. The number of carbonyl (C=O) groups excluding carboxylic acids is 3. The minimum atomic E-state index is -5.52. The standard InChI is InChI=1S/C18H20F6N2O6/c1-4-31-13(28)15(30,17(19,20)21)11-6-8-12(9-7-11)26-16(18(22,23)24,25-10(3)27)14(29)32-5-2/h6-9,26,30H,4-5H2,1-3H3,(H,25,27)/t15-,16+/m1/s1. The monoisotopic (exact) mass is 474 g/mol. The second kappa shape index (κ2) is 9.63. The molecule has 1 aromatic carbocycles. The van der Waals surface area contributed by atoms with Crippen molar-refractivity contribution in [3.63, 3.8) is 0 Å². The molecule has 1 rings (SSSR count). The van der Waals surface area contributed by atoms with E-state index in [-0.39, 0.29) is 0 Å². The Kier molecular flexibility index (Phi) is 8.12. The van der Waals surface area contributed by atoms with Gasteiger partial charge in [-0.25, -0.2) is 9.59 Å². The molecule has 0 aliphatic rings. The molecule has 32 heavy (non-hydrogen) atoms. The fraction of sp³-hybridized carbons (Fsp3) is 0.500. The molecule has 1 amide bonds. The molecule has 8 nitrogen and oxygen atoms in total. The number of ether oxygens (including phenoxy) is 2. The number of amides is 1. The Morgan fingerprint density at radius 3 is 1.72 bits per heavy atom. The second-order valence-corrected chi connectivity index (χ2v) is 6.28. The lowest BCUT2D eigenvalue weighted by Gasteiger charge is -2.35. The van der Waals surface area contributed by atoms with E-state index >= 15 is 0 Å². The molecule has 0 heterocycles. The van der Waals surface area contributed by atoms with E-state index in [1.54, 1.807) is 5.32 Å². The van der Waals surface area contributed by atoms with Gasteiger partial charge < -0.3 is 25.2 Å². The fourth-order valence-electron chi connectivity index (χ4n) is 2.54. The number of hydrogen-bond acceptors (Lipinski definition) is 7. The Balaban J connectivity index is 3.49. The maximum atomic E-state index is 13.8. The van der Waals surface area contributed by atoms with Crippen LogP contribution in [0.5, 0.6) is 0 Å². The first kappa shape index (κ1) is 27.0. The highest BCUT2D eigenvalue weighted by atomic mass is 19.4. The van der Waals surface area contributed by atoms with E-state index in [0.717, 1.165) is 0 Å². The Morgan fingerprint density at radius 1 is 0.875 bits per heavy atom. The van der Waals surface area contributed by atoms with E-state index in [1.165, 1.54) is 19.2 Å². The zero-order valence-corrected chi connectivity index (χ0v) is 17.0. The minimum absolute atomic E-state index is 0.477. The average Bonchev–Trinajstić information content (AvgIpc) is 2.65. The predicted molar refractivity (Wildman–Crippen MR) is 95.9 cm³/mol. The van der Waals surface area contributed by atoms with Crippen molar-refractivity contribution in [1.82, 2.24) is 5.32 Å². The maximum absolute atomic E-state index is 13.8. The van der Waals surface area contributed by atoms with E-state index in [1.807, 2.05) is 0 Å². The summed E-state index contributed by atoms with van der Waals surface area (Å²) < 4.78 is 90.2. The Morgan fingerprint density at radius 2 is 1.34 bits per heavy atom. The molecular formula is C18H20F6N2O6. The second-order valence-electron chi connectivity index (χ2n) is 6.28. The van der Waals surface area contributed by atoms with E-state index < -0.39 is 65.9 Å². The largest absolute Gasteiger partial charge is 0.463 e. The summed E-state index contributed by atoms with van der Waals surface area (Å²) in [5.74, 6) is -5.24. The lowest BCUT2D eigenvalue weighted by atomic mass is 9.92. The first-order valence-corrected chi connectivity index (χ1v) is 8.94. The van der Waals surface area contributed by atoms with Crippen LogP contribution in [-0.2, 0) is 29.5 Å². The molecule has 3 N–H and O–H groups in total. The molecular weight excluding hydrogens is 454 g/mol. The molecule has 2 atom stereocenters. The van der Waals surface area contributed by atoms with Crippen LogP contribution in [0, 0.1) is 0 Å². The Labute approximate surface area is 177 Å². The van der Waals surface area contributed by atoms with Gasteiger partial charge in [0, 0.05) is 18.2 Å². The fourth-order valence-corrected chi connectivity index (χ4v) is 2.54. The number of esters is 2. The van der Waals surface area contributed by atoms with Gasteiger partial charge in [0.1, 0.15) is 0 Å². The smallest absolute Gasteiger partial charge is 0.441 e. The Hall–Kier alpha value is -3.03. The van der Waals surface area contributed by atoms with Gasteiger partial charge in [0.2, 0.25) is 5.91 Å². The van der Waals surface area contributed by atoms with Crippen LogP contribution >= 0.6 is 0 Å². The third-order valence-corrected chi connectivity index (χ3v) is 3.99. The van der Waals surface area contributed by atoms with Crippen LogP contribution in [0.3, 0.4) is 0 Å². The van der Waals surface area contributed by atoms with E-state index in [2.05, 4.69) is 9.47 Å². The highest BCUT2D eigenvalue weighted by Gasteiger charge is 2.64. The highest BCUT2D eigenvalue weighted by molar-refractivity contribution is 5.90. The van der Waals surface area contributed by atoms with Gasteiger partial charge in [-0.05, 0) is 26.0 Å². The number of rotatable bonds is 8. The first-order valence-electron chi connectivity index (χ1n) is 8.94. The lowest BCUT2D eigenvalue weighted by Crippen LogP contribution is -2.69. The molecule has 0 aromatic heterocycles. The van der Waals surface area contributed by atoms with Crippen molar-refractivity contribution in [3.05, 3.63) is 29.8 Å². The maximum Gasteiger partial charge on any atom is 0.441 e. The number of nitrogens with one attached hydrogen (secondary N) is 2. The Bertz CT molecular complexity index is 842. The molecule has 0 unspecified atom stereocenters. The van der Waals surface area contributed by atoms with Crippen molar-refractivity contribution in [2.75, 3.05) is 18.5 Å². The lowest BCUT2D eigenvalue weighted by molar-refractivity contribution is -0.267. The summed E-state index contributed by atoms with van der Waals surface area (Å²) in [7, 11) is 0. The summed E-state index contributed by atoms with van der Waals surface area (Å²) in [6.45, 7) is 2.16. The van der Waals surface area contributed by atoms with Gasteiger partial charge in [-0.15, -0.1) is 0 Å². The van der Waals surface area contributed by atoms with Crippen LogP contribution in [0.25, 0.3) is 0 Å². The van der Waals surface area contributed by atoms with E-state index in [9.17, 15) is 45.8 Å². The van der Waals surface area contributed by atoms with Crippen LogP contribution < -0.4 is 10.6 Å². The number of carbonyl (C=O) groups is 3. The molecule has 14 heteroatoms. The van der Waals surface area contributed by atoms with Crippen LogP contribution in [0.2, 0.25) is 0 Å². The van der Waals surface area contributed by atoms with Gasteiger partial charge in [-0.2, -0.15) is 26.3 Å². The normalized spacial score (nSPS) is 15.7. The number of aliphatic hydroxyl groups is 1. The summed E-state index contributed by atoms with van der Waals surface area (Å²) in [6, 6.07) is 2.28. The van der Waals surface area contributed by atoms with Gasteiger partial charge in [0.25, 0.3) is 5.60 Å². The van der Waals surface area contributed by atoms with Gasteiger partial charge in [-0.1, -0.05) is 12.1 Å². The molecule has 1 aromatic rings. The molecule has 0 aliphatic heterocycles. The van der Waals surface area contributed by atoms with Crippen LogP contribution in [0.1, 0.15) is 26.3 Å². The summed E-state index contributed by atoms with van der Waals surface area (Å²) in [5.41, 5.74) is -9.51. The number of alkyl halides is 6. The topological polar surface area (TPSA) is 114 Å². The van der Waals surface area contributed by atoms with Crippen molar-refractivity contribution in [2.45, 2.75) is 44.4 Å². The number of anilines is 1. The third kappa shape index (κ3) is 5.23. The SMILES string of the molecule is CCOC(=O)[C@](NC(C)=O)(Nc1ccc([C@@](O)(C(=O)OCC)C(F)(F)F)cc1)C(F)(F)F. The average molecular weight is 474 g/mol. The van der Waals surface area contributed by atoms with Gasteiger partial charge in [0.15, 0.2) is 0 Å². The number of benzene rings is 1.